The fraction of sp³-hybridized carbons (Fsp3) is 0.421. The van der Waals surface area contributed by atoms with Crippen LogP contribution in [0.15, 0.2) is 23.0 Å². The van der Waals surface area contributed by atoms with Gasteiger partial charge in [0.1, 0.15) is 0 Å². The quantitative estimate of drug-likeness (QED) is 0.747. The maximum absolute atomic E-state index is 12.6. The molecule has 7 nitrogen and oxygen atoms in total. The van der Waals surface area contributed by atoms with Gasteiger partial charge < -0.3 is 15.6 Å². The monoisotopic (exact) mass is 356 g/mol. The molecule has 0 aliphatic carbocycles. The fourth-order valence-corrected chi connectivity index (χ4v) is 3.47. The predicted octanol–water partition coefficient (Wildman–Crippen LogP) is 0.581. The van der Waals surface area contributed by atoms with Crippen molar-refractivity contribution >= 4 is 22.7 Å². The summed E-state index contributed by atoms with van der Waals surface area (Å²) in [5, 5.41) is 6.06. The summed E-state index contributed by atoms with van der Waals surface area (Å²) in [5.41, 5.74) is 3.49. The number of rotatable bonds is 4. The highest BCUT2D eigenvalue weighted by Crippen LogP contribution is 2.19. The number of nitrogens with one attached hydrogen (secondary N) is 3. The summed E-state index contributed by atoms with van der Waals surface area (Å²) in [4.78, 5) is 41.9. The lowest BCUT2D eigenvalue weighted by Gasteiger charge is -2.34. The van der Waals surface area contributed by atoms with E-state index in [1.54, 1.807) is 13.1 Å². The van der Waals surface area contributed by atoms with Gasteiger partial charge >= 0.3 is 0 Å². The summed E-state index contributed by atoms with van der Waals surface area (Å²) in [6.07, 6.45) is 0.0955. The topological polar surface area (TPSA) is 94.3 Å². The number of amides is 2. The van der Waals surface area contributed by atoms with E-state index in [1.165, 1.54) is 0 Å². The van der Waals surface area contributed by atoms with Crippen LogP contribution >= 0.6 is 0 Å². The summed E-state index contributed by atoms with van der Waals surface area (Å²) in [6.45, 7) is 5.45. The molecule has 1 aliphatic heterocycles. The van der Waals surface area contributed by atoms with Gasteiger partial charge in [-0.25, -0.2) is 0 Å². The normalized spacial score (nSPS) is 18.0. The van der Waals surface area contributed by atoms with Gasteiger partial charge in [-0.15, -0.1) is 0 Å². The van der Waals surface area contributed by atoms with Crippen molar-refractivity contribution in [3.05, 3.63) is 45.2 Å². The number of nitrogens with zero attached hydrogens (tertiary/aromatic N) is 1. The van der Waals surface area contributed by atoms with E-state index in [-0.39, 0.29) is 23.7 Å². The number of aromatic nitrogens is 1. The molecule has 3 rings (SSSR count). The van der Waals surface area contributed by atoms with Gasteiger partial charge in [0, 0.05) is 43.8 Å². The van der Waals surface area contributed by atoms with Crippen molar-refractivity contribution in [3.63, 3.8) is 0 Å². The third kappa shape index (κ3) is 3.48. The molecule has 2 amide bonds. The highest BCUT2D eigenvalue weighted by molar-refractivity contribution is 5.88. The number of carbonyl (C=O) groups excluding carboxylic acids is 2. The van der Waals surface area contributed by atoms with Crippen molar-refractivity contribution in [2.24, 2.45) is 0 Å². The molecule has 7 heteroatoms. The Morgan fingerprint density at radius 2 is 2.00 bits per heavy atom. The molecule has 1 aromatic carbocycles. The van der Waals surface area contributed by atoms with Crippen LogP contribution in [0, 0.1) is 13.8 Å². The van der Waals surface area contributed by atoms with Crippen molar-refractivity contribution in [1.29, 1.82) is 0 Å². The number of pyridine rings is 1. The van der Waals surface area contributed by atoms with Gasteiger partial charge in [0.05, 0.1) is 18.0 Å². The molecule has 3 N–H and O–H groups in total. The summed E-state index contributed by atoms with van der Waals surface area (Å²) in [5.74, 6) is -0.342. The van der Waals surface area contributed by atoms with E-state index in [2.05, 4.69) is 15.6 Å². The Kier molecular flexibility index (Phi) is 5.08. The molecule has 1 atom stereocenters. The molecule has 0 saturated carbocycles. The third-order valence-corrected chi connectivity index (χ3v) is 4.93. The number of carbonyl (C=O) groups is 2. The zero-order chi connectivity index (χ0) is 18.8. The number of aromatic amines is 1. The Labute approximate surface area is 151 Å². The van der Waals surface area contributed by atoms with E-state index in [0.29, 0.717) is 25.0 Å². The first-order valence-corrected chi connectivity index (χ1v) is 8.75. The average molecular weight is 356 g/mol. The lowest BCUT2D eigenvalue weighted by Crippen LogP contribution is -2.56. The number of hydrogen-bond acceptors (Lipinski definition) is 4. The first-order valence-electron chi connectivity index (χ1n) is 8.75. The molecule has 2 aromatic rings. The van der Waals surface area contributed by atoms with Crippen LogP contribution in [-0.4, -0.2) is 47.9 Å². The summed E-state index contributed by atoms with van der Waals surface area (Å²) in [6, 6.07) is 4.99. The number of aryl methyl sites for hydroxylation is 2. The second kappa shape index (κ2) is 7.29. The number of hydrogen-bond donors (Lipinski definition) is 3. The highest BCUT2D eigenvalue weighted by Gasteiger charge is 2.31. The van der Waals surface area contributed by atoms with E-state index in [9.17, 15) is 14.4 Å². The molecule has 1 fully saturated rings. The summed E-state index contributed by atoms with van der Waals surface area (Å²) < 4.78 is 0. The van der Waals surface area contributed by atoms with Gasteiger partial charge in [0.25, 0.3) is 0 Å². The first-order chi connectivity index (χ1) is 12.4. The third-order valence-electron chi connectivity index (χ3n) is 4.93. The van der Waals surface area contributed by atoms with E-state index < -0.39 is 6.04 Å². The van der Waals surface area contributed by atoms with Crippen LogP contribution in [0.4, 0.5) is 0 Å². The molecule has 1 aliphatic rings. The zero-order valence-electron chi connectivity index (χ0n) is 15.3. The number of benzene rings is 1. The smallest absolute Gasteiger partial charge is 0.237 e. The SMILES string of the molecule is CNC(=O)CC1C(=O)NCCN1Cc1cc(=O)c2c(C)ccc(C)c2[nH]1. The van der Waals surface area contributed by atoms with Gasteiger partial charge in [0.15, 0.2) is 5.43 Å². The minimum atomic E-state index is -0.540. The minimum absolute atomic E-state index is 0.0285. The minimum Gasteiger partial charge on any atom is -0.359 e. The van der Waals surface area contributed by atoms with Crippen LogP contribution in [0.5, 0.6) is 0 Å². The zero-order valence-corrected chi connectivity index (χ0v) is 15.3. The fourth-order valence-electron chi connectivity index (χ4n) is 3.47. The maximum Gasteiger partial charge on any atom is 0.237 e. The molecule has 138 valence electrons. The molecule has 26 heavy (non-hydrogen) atoms. The molecule has 1 saturated heterocycles. The number of fused-ring (bicyclic) bond motifs is 1. The Bertz CT molecular complexity index is 919. The van der Waals surface area contributed by atoms with Crippen LogP contribution < -0.4 is 16.1 Å². The van der Waals surface area contributed by atoms with Crippen LogP contribution in [0.2, 0.25) is 0 Å². The van der Waals surface area contributed by atoms with Gasteiger partial charge in [-0.2, -0.15) is 0 Å². The maximum atomic E-state index is 12.6. The molecule has 0 spiro atoms. The average Bonchev–Trinajstić information content (AvgIpc) is 2.60. The van der Waals surface area contributed by atoms with Crippen LogP contribution in [0.3, 0.4) is 0 Å². The van der Waals surface area contributed by atoms with Gasteiger partial charge in [-0.3, -0.25) is 19.3 Å². The van der Waals surface area contributed by atoms with Crippen LogP contribution in [-0.2, 0) is 16.1 Å². The Hall–Kier alpha value is -2.67. The summed E-state index contributed by atoms with van der Waals surface area (Å²) in [7, 11) is 1.55. The lowest BCUT2D eigenvalue weighted by atomic mass is 10.0. The lowest BCUT2D eigenvalue weighted by molar-refractivity contribution is -0.134. The van der Waals surface area contributed by atoms with Crippen LogP contribution in [0.25, 0.3) is 10.9 Å². The second-order valence-corrected chi connectivity index (χ2v) is 6.76. The molecule has 1 aromatic heterocycles. The van der Waals surface area contributed by atoms with Crippen molar-refractivity contribution in [2.45, 2.75) is 32.9 Å². The highest BCUT2D eigenvalue weighted by atomic mass is 16.2. The Morgan fingerprint density at radius 3 is 2.73 bits per heavy atom. The Balaban J connectivity index is 1.94. The van der Waals surface area contributed by atoms with E-state index >= 15 is 0 Å². The Morgan fingerprint density at radius 1 is 1.27 bits per heavy atom. The molecular formula is C19H24N4O3. The van der Waals surface area contributed by atoms with Crippen molar-refractivity contribution in [3.8, 4) is 0 Å². The van der Waals surface area contributed by atoms with E-state index in [0.717, 1.165) is 22.3 Å². The summed E-state index contributed by atoms with van der Waals surface area (Å²) >= 11 is 0. The van der Waals surface area contributed by atoms with E-state index in [4.69, 9.17) is 0 Å². The molecule has 2 heterocycles. The number of piperazine rings is 1. The van der Waals surface area contributed by atoms with Gasteiger partial charge in [-0.1, -0.05) is 12.1 Å². The molecule has 1 unspecified atom stereocenters. The largest absolute Gasteiger partial charge is 0.359 e. The van der Waals surface area contributed by atoms with Crippen LogP contribution in [0.1, 0.15) is 23.2 Å². The molecule has 0 radical (unpaired) electrons. The molecule has 0 bridgehead atoms. The van der Waals surface area contributed by atoms with Crippen molar-refractivity contribution < 1.29 is 9.59 Å². The molecular weight excluding hydrogens is 332 g/mol. The predicted molar refractivity (Wildman–Crippen MR) is 99.9 cm³/mol. The second-order valence-electron chi connectivity index (χ2n) is 6.76. The van der Waals surface area contributed by atoms with Crippen molar-refractivity contribution in [2.75, 3.05) is 20.1 Å². The van der Waals surface area contributed by atoms with Gasteiger partial charge in [0.2, 0.25) is 11.8 Å². The van der Waals surface area contributed by atoms with E-state index in [1.807, 2.05) is 30.9 Å². The van der Waals surface area contributed by atoms with Gasteiger partial charge in [-0.05, 0) is 25.0 Å². The first kappa shape index (κ1) is 18.1. The number of H-pyrrole nitrogens is 1. The van der Waals surface area contributed by atoms with Crippen molar-refractivity contribution in [1.82, 2.24) is 20.5 Å². The standard InChI is InChI=1S/C19H24N4O3/c1-11-4-5-12(2)18-17(11)15(24)8-13(22-18)10-23-7-6-21-19(26)14(23)9-16(25)20-3/h4-5,8,14H,6-7,9-10H2,1-3H3,(H,20,25)(H,21,26)(H,22,24).